The van der Waals surface area contributed by atoms with Crippen LogP contribution >= 0.6 is 11.6 Å². The molecule has 0 fully saturated rings. The van der Waals surface area contributed by atoms with E-state index in [9.17, 15) is 13.2 Å². The van der Waals surface area contributed by atoms with Gasteiger partial charge in [-0.3, -0.25) is 0 Å². The van der Waals surface area contributed by atoms with E-state index in [0.717, 1.165) is 0 Å². The first-order chi connectivity index (χ1) is 9.47. The molecular formula is C15H13ClF3N. The molecule has 20 heavy (non-hydrogen) atoms. The molecule has 1 N–H and O–H groups in total. The zero-order valence-corrected chi connectivity index (χ0v) is 11.7. The highest BCUT2D eigenvalue weighted by Crippen LogP contribution is 2.33. The summed E-state index contributed by atoms with van der Waals surface area (Å²) < 4.78 is 41.7. The van der Waals surface area contributed by atoms with Gasteiger partial charge in [-0.15, -0.1) is 0 Å². The van der Waals surface area contributed by atoms with E-state index in [4.69, 9.17) is 11.6 Å². The molecule has 106 valence electrons. The van der Waals surface area contributed by atoms with E-state index < -0.39 is 23.5 Å². The molecule has 0 amide bonds. The van der Waals surface area contributed by atoms with Crippen LogP contribution < -0.4 is 5.32 Å². The number of halogens is 4. The maximum atomic E-state index is 14.2. The Hall–Kier alpha value is -1.52. The Labute approximate surface area is 120 Å². The minimum atomic E-state index is -0.863. The third-order valence-corrected chi connectivity index (χ3v) is 3.59. The van der Waals surface area contributed by atoms with Gasteiger partial charge in [0.05, 0.1) is 11.1 Å². The van der Waals surface area contributed by atoms with Gasteiger partial charge >= 0.3 is 0 Å². The van der Waals surface area contributed by atoms with Gasteiger partial charge in [-0.05, 0) is 37.2 Å². The third kappa shape index (κ3) is 2.53. The van der Waals surface area contributed by atoms with Gasteiger partial charge in [0.25, 0.3) is 0 Å². The second kappa shape index (κ2) is 5.85. The maximum Gasteiger partial charge on any atom is 0.142 e. The van der Waals surface area contributed by atoms with E-state index in [1.165, 1.54) is 44.3 Å². The number of nitrogens with one attached hydrogen (secondary N) is 1. The van der Waals surface area contributed by atoms with Crippen molar-refractivity contribution in [3.05, 3.63) is 69.5 Å². The molecule has 2 aromatic rings. The Morgan fingerprint density at radius 1 is 1.05 bits per heavy atom. The smallest absolute Gasteiger partial charge is 0.142 e. The van der Waals surface area contributed by atoms with Crippen molar-refractivity contribution in [3.63, 3.8) is 0 Å². The van der Waals surface area contributed by atoms with Crippen LogP contribution in [0.4, 0.5) is 13.2 Å². The summed E-state index contributed by atoms with van der Waals surface area (Å²) in [5.41, 5.74) is 0.437. The van der Waals surface area contributed by atoms with Crippen molar-refractivity contribution in [3.8, 4) is 0 Å². The van der Waals surface area contributed by atoms with Crippen LogP contribution in [0, 0.1) is 24.4 Å². The Morgan fingerprint density at radius 2 is 1.75 bits per heavy atom. The first-order valence-corrected chi connectivity index (χ1v) is 6.40. The number of aryl methyl sites for hydroxylation is 1. The van der Waals surface area contributed by atoms with Gasteiger partial charge in [0, 0.05) is 5.56 Å². The van der Waals surface area contributed by atoms with E-state index in [1.54, 1.807) is 0 Å². The van der Waals surface area contributed by atoms with Gasteiger partial charge in [0.2, 0.25) is 0 Å². The molecular weight excluding hydrogens is 287 g/mol. The fraction of sp³-hybridized carbons (Fsp3) is 0.200. The topological polar surface area (TPSA) is 12.0 Å². The van der Waals surface area contributed by atoms with Gasteiger partial charge in [0.15, 0.2) is 0 Å². The summed E-state index contributed by atoms with van der Waals surface area (Å²) in [5.74, 6) is -1.99. The lowest BCUT2D eigenvalue weighted by molar-refractivity contribution is 0.516. The Kier molecular flexibility index (Phi) is 4.35. The van der Waals surface area contributed by atoms with Crippen molar-refractivity contribution in [1.29, 1.82) is 0 Å². The summed E-state index contributed by atoms with van der Waals surface area (Å²) in [7, 11) is 1.53. The van der Waals surface area contributed by atoms with Crippen LogP contribution in [0.15, 0.2) is 30.3 Å². The van der Waals surface area contributed by atoms with Crippen molar-refractivity contribution < 1.29 is 13.2 Å². The molecule has 2 rings (SSSR count). The highest BCUT2D eigenvalue weighted by atomic mass is 35.5. The Bertz CT molecular complexity index is 643. The average molecular weight is 300 g/mol. The molecule has 0 aliphatic rings. The minimum Gasteiger partial charge on any atom is -0.309 e. The number of benzene rings is 2. The molecule has 0 aliphatic heterocycles. The molecule has 0 spiro atoms. The standard InChI is InChI=1S/C15H13ClF3N/c1-8-6-7-10(17)12(14(8)19)15(20-2)9-4-3-5-11(18)13(9)16/h3-7,15,20H,1-2H3. The Balaban J connectivity index is 2.65. The average Bonchev–Trinajstić information content (AvgIpc) is 2.43. The van der Waals surface area contributed by atoms with Crippen LogP contribution in [0.5, 0.6) is 0 Å². The van der Waals surface area contributed by atoms with E-state index in [-0.39, 0.29) is 16.1 Å². The second-order valence-electron chi connectivity index (χ2n) is 4.46. The monoisotopic (exact) mass is 299 g/mol. The molecule has 0 saturated heterocycles. The molecule has 0 aromatic heterocycles. The first kappa shape index (κ1) is 14.9. The predicted octanol–water partition coefficient (Wildman–Crippen LogP) is 4.37. The molecule has 1 atom stereocenters. The van der Waals surface area contributed by atoms with Crippen molar-refractivity contribution >= 4 is 11.6 Å². The third-order valence-electron chi connectivity index (χ3n) is 3.19. The van der Waals surface area contributed by atoms with Gasteiger partial charge in [0.1, 0.15) is 17.5 Å². The summed E-state index contributed by atoms with van der Waals surface area (Å²) >= 11 is 5.90. The SMILES string of the molecule is CNC(c1cccc(F)c1Cl)c1c(F)ccc(C)c1F. The fourth-order valence-corrected chi connectivity index (χ4v) is 2.38. The summed E-state index contributed by atoms with van der Waals surface area (Å²) in [6.07, 6.45) is 0. The molecule has 0 radical (unpaired) electrons. The molecule has 1 unspecified atom stereocenters. The summed E-state index contributed by atoms with van der Waals surface area (Å²) in [5, 5.41) is 2.63. The highest BCUT2D eigenvalue weighted by molar-refractivity contribution is 6.31. The van der Waals surface area contributed by atoms with Crippen LogP contribution in [0.3, 0.4) is 0 Å². The van der Waals surface area contributed by atoms with Gasteiger partial charge in [-0.2, -0.15) is 0 Å². The minimum absolute atomic E-state index is 0.146. The predicted molar refractivity (Wildman–Crippen MR) is 73.4 cm³/mol. The molecule has 2 aromatic carbocycles. The van der Waals surface area contributed by atoms with Gasteiger partial charge in [-0.1, -0.05) is 29.8 Å². The van der Waals surface area contributed by atoms with E-state index in [2.05, 4.69) is 5.32 Å². The van der Waals surface area contributed by atoms with Gasteiger partial charge < -0.3 is 5.32 Å². The largest absolute Gasteiger partial charge is 0.309 e. The van der Waals surface area contributed by atoms with E-state index in [0.29, 0.717) is 5.56 Å². The lowest BCUT2D eigenvalue weighted by atomic mass is 9.96. The summed E-state index contributed by atoms with van der Waals surface area (Å²) in [4.78, 5) is 0. The molecule has 0 aliphatic carbocycles. The van der Waals surface area contributed by atoms with Gasteiger partial charge in [-0.25, -0.2) is 13.2 Å². The lowest BCUT2D eigenvalue weighted by Crippen LogP contribution is -2.21. The number of rotatable bonds is 3. The molecule has 5 heteroatoms. The second-order valence-corrected chi connectivity index (χ2v) is 4.83. The lowest BCUT2D eigenvalue weighted by Gasteiger charge is -2.20. The molecule has 1 nitrogen and oxygen atoms in total. The van der Waals surface area contributed by atoms with Crippen LogP contribution in [-0.2, 0) is 0 Å². The Morgan fingerprint density at radius 3 is 2.40 bits per heavy atom. The maximum absolute atomic E-state index is 14.2. The van der Waals surface area contributed by atoms with Crippen LogP contribution in [0.2, 0.25) is 5.02 Å². The van der Waals surface area contributed by atoms with Crippen LogP contribution in [-0.4, -0.2) is 7.05 Å². The van der Waals surface area contributed by atoms with Crippen LogP contribution in [0.1, 0.15) is 22.7 Å². The van der Waals surface area contributed by atoms with E-state index in [1.807, 2.05) is 0 Å². The summed E-state index contributed by atoms with van der Waals surface area (Å²) in [6, 6.07) is 5.86. The van der Waals surface area contributed by atoms with Crippen molar-refractivity contribution in [2.45, 2.75) is 13.0 Å². The zero-order chi connectivity index (χ0) is 14.9. The highest BCUT2D eigenvalue weighted by Gasteiger charge is 2.24. The van der Waals surface area contributed by atoms with Crippen molar-refractivity contribution in [2.24, 2.45) is 0 Å². The zero-order valence-electron chi connectivity index (χ0n) is 11.0. The van der Waals surface area contributed by atoms with Crippen LogP contribution in [0.25, 0.3) is 0 Å². The van der Waals surface area contributed by atoms with Crippen molar-refractivity contribution in [1.82, 2.24) is 5.32 Å². The first-order valence-electron chi connectivity index (χ1n) is 6.03. The molecule has 0 saturated carbocycles. The molecule has 0 bridgehead atoms. The number of hydrogen-bond acceptors (Lipinski definition) is 1. The van der Waals surface area contributed by atoms with Crippen molar-refractivity contribution in [2.75, 3.05) is 7.05 Å². The molecule has 0 heterocycles. The summed E-state index contributed by atoms with van der Waals surface area (Å²) in [6.45, 7) is 1.54. The quantitative estimate of drug-likeness (QED) is 0.887. The number of hydrogen-bond donors (Lipinski definition) is 1. The fourth-order valence-electron chi connectivity index (χ4n) is 2.14. The normalized spacial score (nSPS) is 12.5. The van der Waals surface area contributed by atoms with E-state index >= 15 is 0 Å².